The number of methoxy groups -OCH3 is 1. The number of esters is 1. The first-order valence-electron chi connectivity index (χ1n) is 7.70. The smallest absolute Gasteiger partial charge is 0.356 e. The number of halogens is 1. The van der Waals surface area contributed by atoms with Crippen LogP contribution in [0.2, 0.25) is 0 Å². The van der Waals surface area contributed by atoms with Gasteiger partial charge in [-0.1, -0.05) is 29.8 Å². The van der Waals surface area contributed by atoms with Crippen LogP contribution in [0.5, 0.6) is 5.75 Å². The van der Waals surface area contributed by atoms with Crippen LogP contribution in [0.1, 0.15) is 31.3 Å². The number of benzene rings is 1. The van der Waals surface area contributed by atoms with Gasteiger partial charge >= 0.3 is 5.97 Å². The second kappa shape index (κ2) is 7.70. The van der Waals surface area contributed by atoms with E-state index in [0.29, 0.717) is 22.3 Å². The Morgan fingerprint density at radius 1 is 1.33 bits per heavy atom. The van der Waals surface area contributed by atoms with Gasteiger partial charge in [-0.15, -0.1) is 0 Å². The summed E-state index contributed by atoms with van der Waals surface area (Å²) in [5.41, 5.74) is 1.33. The van der Waals surface area contributed by atoms with Crippen LogP contribution in [-0.4, -0.2) is 35.4 Å². The van der Waals surface area contributed by atoms with Gasteiger partial charge in [-0.25, -0.2) is 4.79 Å². The molecule has 7 heteroatoms. The van der Waals surface area contributed by atoms with Crippen LogP contribution in [0.15, 0.2) is 18.2 Å². The van der Waals surface area contributed by atoms with Gasteiger partial charge in [0.15, 0.2) is 0 Å². The van der Waals surface area contributed by atoms with Crippen molar-refractivity contribution in [1.29, 1.82) is 0 Å². The molecule has 2 aromatic rings. The molecule has 1 aromatic carbocycles. The molecule has 0 spiro atoms. The number of hydrogen-bond acceptors (Lipinski definition) is 4. The molecule has 0 aliphatic carbocycles. The van der Waals surface area contributed by atoms with Crippen molar-refractivity contribution in [2.24, 2.45) is 5.92 Å². The van der Waals surface area contributed by atoms with Crippen LogP contribution < -0.4 is 10.1 Å². The molecule has 1 aromatic heterocycles. The summed E-state index contributed by atoms with van der Waals surface area (Å²) < 4.78 is 10.3. The number of carbonyl (C=O) groups is 2. The zero-order valence-corrected chi connectivity index (χ0v) is 15.7. The van der Waals surface area contributed by atoms with E-state index in [1.807, 2.05) is 13.8 Å². The van der Waals surface area contributed by atoms with Crippen molar-refractivity contribution in [2.45, 2.75) is 25.6 Å². The van der Waals surface area contributed by atoms with Crippen molar-refractivity contribution < 1.29 is 19.1 Å². The zero-order chi connectivity index (χ0) is 17.9. The number of hydrogen-bond donors (Lipinski definition) is 2. The number of rotatable bonds is 6. The lowest BCUT2D eigenvalue weighted by Crippen LogP contribution is -2.27. The van der Waals surface area contributed by atoms with Gasteiger partial charge < -0.3 is 19.8 Å². The molecule has 1 atom stereocenters. The number of carbonyl (C=O) groups excluding carboxylic acids is 2. The number of anilines is 1. The van der Waals surface area contributed by atoms with Crippen LogP contribution in [0.25, 0.3) is 10.9 Å². The SMILES string of the molecule is CCOC(=O)c1[nH]c2ccc(OC)cc2c1NC(=O)[C@H](Br)C(C)C. The number of ether oxygens (including phenoxy) is 2. The van der Waals surface area contributed by atoms with E-state index in [9.17, 15) is 9.59 Å². The van der Waals surface area contributed by atoms with E-state index < -0.39 is 5.97 Å². The summed E-state index contributed by atoms with van der Waals surface area (Å²) in [6, 6.07) is 5.34. The molecule has 6 nitrogen and oxygen atoms in total. The molecule has 1 amide bonds. The van der Waals surface area contributed by atoms with Gasteiger partial charge in [0.1, 0.15) is 11.4 Å². The lowest BCUT2D eigenvalue weighted by Gasteiger charge is -2.14. The number of aromatic amines is 1. The van der Waals surface area contributed by atoms with Gasteiger partial charge in [-0.3, -0.25) is 4.79 Å². The highest BCUT2D eigenvalue weighted by Crippen LogP contribution is 2.32. The summed E-state index contributed by atoms with van der Waals surface area (Å²) in [5, 5.41) is 3.52. The molecule has 24 heavy (non-hydrogen) atoms. The lowest BCUT2D eigenvalue weighted by atomic mass is 10.1. The van der Waals surface area contributed by atoms with Crippen molar-refractivity contribution in [3.63, 3.8) is 0 Å². The Bertz CT molecular complexity index is 754. The molecule has 130 valence electrons. The van der Waals surface area contributed by atoms with Gasteiger partial charge in [-0.05, 0) is 31.0 Å². The fourth-order valence-corrected chi connectivity index (χ4v) is 2.39. The molecule has 0 radical (unpaired) electrons. The van der Waals surface area contributed by atoms with Crippen LogP contribution >= 0.6 is 15.9 Å². The monoisotopic (exact) mass is 396 g/mol. The van der Waals surface area contributed by atoms with E-state index in [-0.39, 0.29) is 29.0 Å². The molecule has 1 heterocycles. The van der Waals surface area contributed by atoms with Crippen LogP contribution in [-0.2, 0) is 9.53 Å². The first-order valence-corrected chi connectivity index (χ1v) is 8.62. The Morgan fingerprint density at radius 3 is 2.62 bits per heavy atom. The van der Waals surface area contributed by atoms with Crippen LogP contribution in [0.4, 0.5) is 5.69 Å². The van der Waals surface area contributed by atoms with E-state index in [4.69, 9.17) is 9.47 Å². The first-order chi connectivity index (χ1) is 11.4. The van der Waals surface area contributed by atoms with Crippen molar-refractivity contribution in [1.82, 2.24) is 4.98 Å². The number of alkyl halides is 1. The predicted molar refractivity (Wildman–Crippen MR) is 97.0 cm³/mol. The summed E-state index contributed by atoms with van der Waals surface area (Å²) in [6.07, 6.45) is 0. The minimum absolute atomic E-state index is 0.107. The third-order valence-corrected chi connectivity index (χ3v) is 5.04. The Morgan fingerprint density at radius 2 is 2.04 bits per heavy atom. The van der Waals surface area contributed by atoms with Crippen molar-refractivity contribution >= 4 is 44.4 Å². The number of fused-ring (bicyclic) bond motifs is 1. The average Bonchev–Trinajstić information content (AvgIpc) is 2.92. The molecule has 0 fully saturated rings. The van der Waals surface area contributed by atoms with Crippen molar-refractivity contribution in [2.75, 3.05) is 19.0 Å². The molecule has 2 N–H and O–H groups in total. The Labute approximate surface area is 149 Å². The zero-order valence-electron chi connectivity index (χ0n) is 14.1. The van der Waals surface area contributed by atoms with E-state index >= 15 is 0 Å². The molecule has 0 aliphatic rings. The Hall–Kier alpha value is -2.02. The van der Waals surface area contributed by atoms with Gasteiger partial charge in [0.05, 0.1) is 24.2 Å². The molecule has 0 saturated carbocycles. The fourth-order valence-electron chi connectivity index (χ4n) is 2.28. The van der Waals surface area contributed by atoms with Crippen molar-refractivity contribution in [3.8, 4) is 5.75 Å². The minimum Gasteiger partial charge on any atom is -0.497 e. The van der Waals surface area contributed by atoms with E-state index in [2.05, 4.69) is 26.2 Å². The van der Waals surface area contributed by atoms with E-state index in [1.54, 1.807) is 32.2 Å². The maximum atomic E-state index is 12.4. The quantitative estimate of drug-likeness (QED) is 0.575. The normalized spacial score (nSPS) is 12.2. The summed E-state index contributed by atoms with van der Waals surface area (Å²) in [4.78, 5) is 27.3. The topological polar surface area (TPSA) is 80.4 Å². The Kier molecular flexibility index (Phi) is 5.88. The second-order valence-corrected chi connectivity index (χ2v) is 6.63. The average molecular weight is 397 g/mol. The Balaban J connectivity index is 2.51. The molecule has 0 saturated heterocycles. The highest BCUT2D eigenvalue weighted by molar-refractivity contribution is 9.10. The summed E-state index contributed by atoms with van der Waals surface area (Å²) in [5.74, 6) is 0.000324. The molecule has 0 aliphatic heterocycles. The van der Waals surface area contributed by atoms with Crippen molar-refractivity contribution in [3.05, 3.63) is 23.9 Å². The number of nitrogens with one attached hydrogen (secondary N) is 2. The predicted octanol–water partition coefficient (Wildman–Crippen LogP) is 3.71. The molecule has 0 bridgehead atoms. The highest BCUT2D eigenvalue weighted by atomic mass is 79.9. The maximum absolute atomic E-state index is 12.4. The third kappa shape index (κ3) is 3.72. The molecular formula is C17H21BrN2O4. The number of aromatic nitrogens is 1. The molecule has 0 unspecified atom stereocenters. The van der Waals surface area contributed by atoms with Gasteiger partial charge in [0.25, 0.3) is 0 Å². The fraction of sp³-hybridized carbons (Fsp3) is 0.412. The minimum atomic E-state index is -0.515. The maximum Gasteiger partial charge on any atom is 0.356 e. The summed E-state index contributed by atoms with van der Waals surface area (Å²) in [6.45, 7) is 5.85. The van der Waals surface area contributed by atoms with E-state index in [1.165, 1.54) is 0 Å². The highest BCUT2D eigenvalue weighted by Gasteiger charge is 2.25. The largest absolute Gasteiger partial charge is 0.497 e. The first kappa shape index (κ1) is 18.3. The molecule has 2 rings (SSSR count). The standard InChI is InChI=1S/C17H21BrN2O4/c1-5-24-17(22)15-14(20-16(21)13(18)9(2)3)11-8-10(23-4)6-7-12(11)19-15/h6-9,13,19H,5H2,1-4H3,(H,20,21)/t13-/m1/s1. The second-order valence-electron chi connectivity index (χ2n) is 5.64. The van der Waals surface area contributed by atoms with E-state index in [0.717, 1.165) is 0 Å². The number of amides is 1. The molecular weight excluding hydrogens is 376 g/mol. The summed E-state index contributed by atoms with van der Waals surface area (Å²) in [7, 11) is 1.56. The summed E-state index contributed by atoms with van der Waals surface area (Å²) >= 11 is 3.37. The van der Waals surface area contributed by atoms with Gasteiger partial charge in [-0.2, -0.15) is 0 Å². The van der Waals surface area contributed by atoms with Crippen LogP contribution in [0, 0.1) is 5.92 Å². The van der Waals surface area contributed by atoms with Gasteiger partial charge in [0, 0.05) is 10.9 Å². The number of H-pyrrole nitrogens is 1. The lowest BCUT2D eigenvalue weighted by molar-refractivity contribution is -0.116. The van der Waals surface area contributed by atoms with Gasteiger partial charge in [0.2, 0.25) is 5.91 Å². The third-order valence-electron chi connectivity index (χ3n) is 3.57. The van der Waals surface area contributed by atoms with Crippen LogP contribution in [0.3, 0.4) is 0 Å².